The molecule has 0 atom stereocenters. The average molecular weight is 372 g/mol. The van der Waals surface area contributed by atoms with E-state index in [0.717, 1.165) is 16.4 Å². The average Bonchev–Trinajstić information content (AvgIpc) is 3.19. The molecule has 1 aliphatic rings. The van der Waals surface area contributed by atoms with Crippen LogP contribution < -0.4 is 10.6 Å². The summed E-state index contributed by atoms with van der Waals surface area (Å²) in [4.78, 5) is 23.2. The first kappa shape index (κ1) is 14.3. The summed E-state index contributed by atoms with van der Waals surface area (Å²) < 4.78 is 1.10. The number of hydrogen-bond donors (Lipinski definition) is 2. The summed E-state index contributed by atoms with van der Waals surface area (Å²) in [6.07, 6.45) is 3.36. The number of hydrogen-bond acceptors (Lipinski definition) is 2. The van der Waals surface area contributed by atoms with E-state index in [9.17, 15) is 9.59 Å². The molecule has 1 aromatic carbocycles. The maximum absolute atomic E-state index is 11.8. The zero-order chi connectivity index (χ0) is 13.7. The Bertz CT molecular complexity index is 455. The van der Waals surface area contributed by atoms with Crippen LogP contribution in [0.25, 0.3) is 0 Å². The van der Waals surface area contributed by atoms with Crippen LogP contribution in [0.2, 0.25) is 0 Å². The minimum Gasteiger partial charge on any atom is -0.353 e. The Balaban J connectivity index is 1.63. The summed E-state index contributed by atoms with van der Waals surface area (Å²) in [7, 11) is 0. The number of carbonyl (C=O) groups is 2. The molecule has 4 nitrogen and oxygen atoms in total. The van der Waals surface area contributed by atoms with Crippen molar-refractivity contribution in [3.63, 3.8) is 0 Å². The number of carbonyl (C=O) groups excluding carboxylic acids is 2. The van der Waals surface area contributed by atoms with Crippen LogP contribution in [-0.4, -0.2) is 24.4 Å². The Hall–Kier alpha value is -1.11. The van der Waals surface area contributed by atoms with Crippen molar-refractivity contribution in [3.05, 3.63) is 33.4 Å². The summed E-state index contributed by atoms with van der Waals surface area (Å²) in [6, 6.07) is 7.82. The summed E-state index contributed by atoms with van der Waals surface area (Å²) in [5.41, 5.74) is 0.655. The summed E-state index contributed by atoms with van der Waals surface area (Å²) in [6.45, 7) is 0.531. The van der Waals surface area contributed by atoms with E-state index in [1.165, 1.54) is 0 Å². The first-order chi connectivity index (χ1) is 9.15. The molecule has 0 aliphatic heterocycles. The van der Waals surface area contributed by atoms with Crippen molar-refractivity contribution in [2.45, 2.75) is 31.7 Å². The number of benzene rings is 1. The van der Waals surface area contributed by atoms with Crippen molar-refractivity contribution >= 4 is 34.4 Å². The molecule has 0 unspecified atom stereocenters. The van der Waals surface area contributed by atoms with Crippen molar-refractivity contribution in [1.29, 1.82) is 0 Å². The molecule has 19 heavy (non-hydrogen) atoms. The van der Waals surface area contributed by atoms with E-state index in [-0.39, 0.29) is 11.8 Å². The molecule has 2 rings (SSSR count). The van der Waals surface area contributed by atoms with Crippen LogP contribution in [0.5, 0.6) is 0 Å². The molecule has 5 heteroatoms. The second kappa shape index (κ2) is 6.88. The molecule has 0 spiro atoms. The highest BCUT2D eigenvalue weighted by atomic mass is 127. The maximum atomic E-state index is 11.8. The highest BCUT2D eigenvalue weighted by molar-refractivity contribution is 14.1. The van der Waals surface area contributed by atoms with E-state index in [0.29, 0.717) is 31.0 Å². The van der Waals surface area contributed by atoms with Crippen LogP contribution in [0.3, 0.4) is 0 Å². The maximum Gasteiger partial charge on any atom is 0.251 e. The zero-order valence-corrected chi connectivity index (χ0v) is 12.8. The van der Waals surface area contributed by atoms with Gasteiger partial charge in [-0.1, -0.05) is 0 Å². The Morgan fingerprint density at radius 3 is 2.53 bits per heavy atom. The minimum absolute atomic E-state index is 0.0843. The van der Waals surface area contributed by atoms with Crippen LogP contribution in [0, 0.1) is 3.57 Å². The largest absolute Gasteiger partial charge is 0.353 e. The monoisotopic (exact) mass is 372 g/mol. The van der Waals surface area contributed by atoms with E-state index in [2.05, 4.69) is 33.2 Å². The standard InChI is InChI=1S/C14H17IN2O2/c15-11-5-3-10(4-6-11)14(19)16-9-1-2-13(18)17-12-7-8-12/h3-6,12H,1-2,7-9H2,(H,16,19)(H,17,18). The van der Waals surface area contributed by atoms with E-state index in [1.54, 1.807) is 12.1 Å². The quantitative estimate of drug-likeness (QED) is 0.594. The van der Waals surface area contributed by atoms with Crippen molar-refractivity contribution in [2.24, 2.45) is 0 Å². The summed E-state index contributed by atoms with van der Waals surface area (Å²) in [5, 5.41) is 5.75. The molecular formula is C14H17IN2O2. The van der Waals surface area contributed by atoms with Crippen LogP contribution in [-0.2, 0) is 4.79 Å². The molecular weight excluding hydrogens is 355 g/mol. The van der Waals surface area contributed by atoms with Crippen LogP contribution in [0.15, 0.2) is 24.3 Å². The Morgan fingerprint density at radius 2 is 1.89 bits per heavy atom. The fourth-order valence-electron chi connectivity index (χ4n) is 1.68. The molecule has 0 aromatic heterocycles. The first-order valence-corrected chi connectivity index (χ1v) is 7.56. The van der Waals surface area contributed by atoms with Crippen LogP contribution in [0.4, 0.5) is 0 Å². The predicted molar refractivity (Wildman–Crippen MR) is 81.9 cm³/mol. The molecule has 1 saturated carbocycles. The van der Waals surface area contributed by atoms with Gasteiger partial charge in [0.15, 0.2) is 0 Å². The molecule has 0 heterocycles. The normalized spacial score (nSPS) is 13.9. The fraction of sp³-hybridized carbons (Fsp3) is 0.429. The van der Waals surface area contributed by atoms with E-state index in [1.807, 2.05) is 12.1 Å². The van der Waals surface area contributed by atoms with Gasteiger partial charge in [0.2, 0.25) is 5.91 Å². The van der Waals surface area contributed by atoms with Gasteiger partial charge in [0, 0.05) is 28.1 Å². The predicted octanol–water partition coefficient (Wildman–Crippen LogP) is 2.08. The van der Waals surface area contributed by atoms with Crippen molar-refractivity contribution < 1.29 is 9.59 Å². The van der Waals surface area contributed by atoms with Crippen LogP contribution >= 0.6 is 22.6 Å². The molecule has 1 aromatic rings. The lowest BCUT2D eigenvalue weighted by atomic mass is 10.2. The number of nitrogens with one attached hydrogen (secondary N) is 2. The smallest absolute Gasteiger partial charge is 0.251 e. The molecule has 102 valence electrons. The van der Waals surface area contributed by atoms with Crippen molar-refractivity contribution in [2.75, 3.05) is 6.54 Å². The molecule has 0 bridgehead atoms. The summed E-state index contributed by atoms with van der Waals surface area (Å²) in [5.74, 6) is 0.00464. The third-order valence-electron chi connectivity index (χ3n) is 2.92. The number of rotatable bonds is 6. The van der Waals surface area contributed by atoms with Gasteiger partial charge in [0.25, 0.3) is 5.91 Å². The molecule has 2 amide bonds. The van der Waals surface area contributed by atoms with E-state index >= 15 is 0 Å². The number of halogens is 1. The van der Waals surface area contributed by atoms with Crippen LogP contribution in [0.1, 0.15) is 36.0 Å². The first-order valence-electron chi connectivity index (χ1n) is 6.48. The lowest BCUT2D eigenvalue weighted by molar-refractivity contribution is -0.121. The Labute approximate surface area is 126 Å². The van der Waals surface area contributed by atoms with Gasteiger partial charge in [-0.05, 0) is 66.1 Å². The lowest BCUT2D eigenvalue weighted by Gasteiger charge is -2.06. The molecule has 1 aliphatic carbocycles. The van der Waals surface area contributed by atoms with E-state index in [4.69, 9.17) is 0 Å². The molecule has 0 saturated heterocycles. The highest BCUT2D eigenvalue weighted by Crippen LogP contribution is 2.18. The van der Waals surface area contributed by atoms with Gasteiger partial charge in [-0.25, -0.2) is 0 Å². The van der Waals surface area contributed by atoms with Gasteiger partial charge < -0.3 is 10.6 Å². The van der Waals surface area contributed by atoms with Gasteiger partial charge in [-0.2, -0.15) is 0 Å². The molecule has 1 fully saturated rings. The third-order valence-corrected chi connectivity index (χ3v) is 3.63. The Morgan fingerprint density at radius 1 is 1.21 bits per heavy atom. The summed E-state index contributed by atoms with van der Waals surface area (Å²) >= 11 is 2.20. The van der Waals surface area contributed by atoms with Gasteiger partial charge in [0.1, 0.15) is 0 Å². The van der Waals surface area contributed by atoms with Crippen molar-refractivity contribution in [1.82, 2.24) is 10.6 Å². The lowest BCUT2D eigenvalue weighted by Crippen LogP contribution is -2.28. The van der Waals surface area contributed by atoms with Gasteiger partial charge in [0.05, 0.1) is 0 Å². The second-order valence-electron chi connectivity index (χ2n) is 4.71. The number of amides is 2. The fourth-order valence-corrected chi connectivity index (χ4v) is 2.04. The van der Waals surface area contributed by atoms with Gasteiger partial charge in [-0.15, -0.1) is 0 Å². The topological polar surface area (TPSA) is 58.2 Å². The van der Waals surface area contributed by atoms with Gasteiger partial charge >= 0.3 is 0 Å². The minimum atomic E-state index is -0.0843. The SMILES string of the molecule is O=C(CCCNC(=O)c1ccc(I)cc1)NC1CC1. The molecule has 2 N–H and O–H groups in total. The Kier molecular flexibility index (Phi) is 5.18. The van der Waals surface area contributed by atoms with Crippen molar-refractivity contribution in [3.8, 4) is 0 Å². The van der Waals surface area contributed by atoms with Gasteiger partial charge in [-0.3, -0.25) is 9.59 Å². The third kappa shape index (κ3) is 5.18. The zero-order valence-electron chi connectivity index (χ0n) is 10.6. The van der Waals surface area contributed by atoms with E-state index < -0.39 is 0 Å². The molecule has 0 radical (unpaired) electrons. The highest BCUT2D eigenvalue weighted by Gasteiger charge is 2.22. The second-order valence-corrected chi connectivity index (χ2v) is 5.95.